The summed E-state index contributed by atoms with van der Waals surface area (Å²) in [6.07, 6.45) is 0. The highest BCUT2D eigenvalue weighted by Crippen LogP contribution is 2.24. The van der Waals surface area contributed by atoms with E-state index in [9.17, 15) is 8.42 Å². The quantitative estimate of drug-likeness (QED) is 0.877. The van der Waals surface area contributed by atoms with E-state index < -0.39 is 10.0 Å². The van der Waals surface area contributed by atoms with Crippen LogP contribution in [0.2, 0.25) is 0 Å². The number of hydrogen-bond acceptors (Lipinski definition) is 4. The molecule has 0 heterocycles. The second-order valence-electron chi connectivity index (χ2n) is 3.72. The van der Waals surface area contributed by atoms with Crippen molar-refractivity contribution < 1.29 is 13.2 Å². The standard InChI is InChI=1S/C11H14N2O3S/c1-8(2)13-17(14,15)11-6-4-5-10(16-3)9(11)7-12/h4-6,8,13H,1-3H3. The van der Waals surface area contributed by atoms with Gasteiger partial charge in [-0.1, -0.05) is 6.07 Å². The van der Waals surface area contributed by atoms with E-state index in [4.69, 9.17) is 10.00 Å². The van der Waals surface area contributed by atoms with E-state index in [2.05, 4.69) is 4.72 Å². The predicted octanol–water partition coefficient (Wildman–Crippen LogP) is 1.25. The van der Waals surface area contributed by atoms with Gasteiger partial charge in [-0.3, -0.25) is 0 Å². The van der Waals surface area contributed by atoms with Crippen LogP contribution in [-0.4, -0.2) is 21.6 Å². The van der Waals surface area contributed by atoms with Gasteiger partial charge in [-0.05, 0) is 26.0 Å². The highest BCUT2D eigenvalue weighted by molar-refractivity contribution is 7.89. The summed E-state index contributed by atoms with van der Waals surface area (Å²) in [6, 6.07) is 6.08. The van der Waals surface area contributed by atoms with Gasteiger partial charge in [0.1, 0.15) is 22.3 Å². The summed E-state index contributed by atoms with van der Waals surface area (Å²) in [4.78, 5) is -0.0620. The first kappa shape index (κ1) is 13.5. The van der Waals surface area contributed by atoms with Crippen LogP contribution in [0.15, 0.2) is 23.1 Å². The fourth-order valence-electron chi connectivity index (χ4n) is 1.39. The molecule has 1 aromatic rings. The number of benzene rings is 1. The molecule has 1 aromatic carbocycles. The van der Waals surface area contributed by atoms with Gasteiger partial charge in [0.2, 0.25) is 10.0 Å². The predicted molar refractivity (Wildman–Crippen MR) is 63.2 cm³/mol. The van der Waals surface area contributed by atoms with Crippen LogP contribution in [0.1, 0.15) is 19.4 Å². The third-order valence-corrected chi connectivity index (χ3v) is 3.70. The first-order valence-corrected chi connectivity index (χ1v) is 6.50. The average Bonchev–Trinajstić information content (AvgIpc) is 2.26. The molecular weight excluding hydrogens is 240 g/mol. The Morgan fingerprint density at radius 2 is 2.06 bits per heavy atom. The molecule has 17 heavy (non-hydrogen) atoms. The Kier molecular flexibility index (Phi) is 4.10. The van der Waals surface area contributed by atoms with E-state index in [1.807, 2.05) is 6.07 Å². The molecule has 0 aliphatic heterocycles. The zero-order valence-electron chi connectivity index (χ0n) is 9.89. The Morgan fingerprint density at radius 1 is 1.41 bits per heavy atom. The Hall–Kier alpha value is -1.58. The van der Waals surface area contributed by atoms with Gasteiger partial charge in [-0.25, -0.2) is 13.1 Å². The molecule has 0 aromatic heterocycles. The summed E-state index contributed by atoms with van der Waals surface area (Å²) in [7, 11) is -2.30. The second kappa shape index (κ2) is 5.17. The normalized spacial score (nSPS) is 11.2. The van der Waals surface area contributed by atoms with Crippen molar-refractivity contribution >= 4 is 10.0 Å². The van der Waals surface area contributed by atoms with Gasteiger partial charge in [0.25, 0.3) is 0 Å². The molecular formula is C11H14N2O3S. The highest BCUT2D eigenvalue weighted by atomic mass is 32.2. The van der Waals surface area contributed by atoms with Crippen molar-refractivity contribution in [2.45, 2.75) is 24.8 Å². The molecule has 0 saturated carbocycles. The largest absolute Gasteiger partial charge is 0.495 e. The molecule has 1 N–H and O–H groups in total. The number of nitriles is 1. The molecule has 0 unspecified atom stereocenters. The van der Waals surface area contributed by atoms with Crippen LogP contribution in [0, 0.1) is 11.3 Å². The monoisotopic (exact) mass is 254 g/mol. The fraction of sp³-hybridized carbons (Fsp3) is 0.364. The number of ether oxygens (including phenoxy) is 1. The van der Waals surface area contributed by atoms with Crippen molar-refractivity contribution in [3.63, 3.8) is 0 Å². The van der Waals surface area contributed by atoms with E-state index in [1.165, 1.54) is 19.2 Å². The second-order valence-corrected chi connectivity index (χ2v) is 5.40. The maximum atomic E-state index is 12.0. The van der Waals surface area contributed by atoms with Gasteiger partial charge in [-0.2, -0.15) is 5.26 Å². The molecule has 0 amide bonds. The summed E-state index contributed by atoms with van der Waals surface area (Å²) < 4.78 is 31.3. The SMILES string of the molecule is COc1cccc(S(=O)(=O)NC(C)C)c1C#N. The first-order valence-electron chi connectivity index (χ1n) is 5.01. The van der Waals surface area contributed by atoms with Crippen molar-refractivity contribution in [3.05, 3.63) is 23.8 Å². The molecule has 0 bridgehead atoms. The van der Waals surface area contributed by atoms with Crippen molar-refractivity contribution in [1.82, 2.24) is 4.72 Å². The number of nitrogens with one attached hydrogen (secondary N) is 1. The van der Waals surface area contributed by atoms with E-state index >= 15 is 0 Å². The Morgan fingerprint density at radius 3 is 2.53 bits per heavy atom. The van der Waals surface area contributed by atoms with Gasteiger partial charge in [0, 0.05) is 6.04 Å². The smallest absolute Gasteiger partial charge is 0.242 e. The van der Waals surface area contributed by atoms with Crippen LogP contribution < -0.4 is 9.46 Å². The van der Waals surface area contributed by atoms with Crippen molar-refractivity contribution in [2.75, 3.05) is 7.11 Å². The molecule has 0 atom stereocenters. The van der Waals surface area contributed by atoms with Crippen molar-refractivity contribution in [3.8, 4) is 11.8 Å². The topological polar surface area (TPSA) is 79.2 Å². The van der Waals surface area contributed by atoms with Crippen LogP contribution in [0.3, 0.4) is 0 Å². The van der Waals surface area contributed by atoms with Gasteiger partial charge >= 0.3 is 0 Å². The molecule has 6 heteroatoms. The molecule has 5 nitrogen and oxygen atoms in total. The lowest BCUT2D eigenvalue weighted by molar-refractivity contribution is 0.412. The molecule has 0 saturated heterocycles. The van der Waals surface area contributed by atoms with Crippen molar-refractivity contribution in [1.29, 1.82) is 5.26 Å². The molecule has 0 fully saturated rings. The zero-order chi connectivity index (χ0) is 13.1. The minimum Gasteiger partial charge on any atom is -0.495 e. The van der Waals surface area contributed by atoms with Gasteiger partial charge in [0.05, 0.1) is 7.11 Å². The maximum absolute atomic E-state index is 12.0. The molecule has 92 valence electrons. The van der Waals surface area contributed by atoms with Gasteiger partial charge in [-0.15, -0.1) is 0 Å². The van der Waals surface area contributed by atoms with Crippen LogP contribution in [0.25, 0.3) is 0 Å². The number of nitrogens with zero attached hydrogens (tertiary/aromatic N) is 1. The minimum absolute atomic E-state index is 0.0168. The lowest BCUT2D eigenvalue weighted by Crippen LogP contribution is -2.30. The van der Waals surface area contributed by atoms with Crippen LogP contribution >= 0.6 is 0 Å². The molecule has 0 aliphatic rings. The lowest BCUT2D eigenvalue weighted by atomic mass is 10.2. The first-order chi connectivity index (χ1) is 7.92. The Bertz CT molecular complexity index is 544. The Balaban J connectivity index is 3.38. The van der Waals surface area contributed by atoms with Crippen molar-refractivity contribution in [2.24, 2.45) is 0 Å². The van der Waals surface area contributed by atoms with E-state index in [0.717, 1.165) is 0 Å². The van der Waals surface area contributed by atoms with Crippen LogP contribution in [0.5, 0.6) is 5.75 Å². The molecule has 1 rings (SSSR count). The Labute approximate surface area is 101 Å². The lowest BCUT2D eigenvalue weighted by Gasteiger charge is -2.12. The third kappa shape index (κ3) is 2.96. The minimum atomic E-state index is -3.69. The average molecular weight is 254 g/mol. The maximum Gasteiger partial charge on any atom is 0.242 e. The molecule has 0 aliphatic carbocycles. The van der Waals surface area contributed by atoms with Gasteiger partial charge < -0.3 is 4.74 Å². The number of hydrogen-bond donors (Lipinski definition) is 1. The number of methoxy groups -OCH3 is 1. The van der Waals surface area contributed by atoms with E-state index in [1.54, 1.807) is 19.9 Å². The highest BCUT2D eigenvalue weighted by Gasteiger charge is 2.21. The summed E-state index contributed by atoms with van der Waals surface area (Å²) in [5.74, 6) is 0.249. The van der Waals surface area contributed by atoms with E-state index in [-0.39, 0.29) is 22.3 Å². The number of rotatable bonds is 4. The summed E-state index contributed by atoms with van der Waals surface area (Å²) in [6.45, 7) is 3.42. The van der Waals surface area contributed by atoms with E-state index in [0.29, 0.717) is 0 Å². The molecule has 0 radical (unpaired) electrons. The zero-order valence-corrected chi connectivity index (χ0v) is 10.7. The third-order valence-electron chi connectivity index (χ3n) is 2.00. The number of sulfonamides is 1. The summed E-state index contributed by atoms with van der Waals surface area (Å²) in [5, 5.41) is 9.01. The van der Waals surface area contributed by atoms with Crippen LogP contribution in [-0.2, 0) is 10.0 Å². The summed E-state index contributed by atoms with van der Waals surface area (Å²) >= 11 is 0. The summed E-state index contributed by atoms with van der Waals surface area (Å²) in [5.41, 5.74) is 0.0168. The fourth-order valence-corrected chi connectivity index (χ4v) is 2.81. The molecule has 0 spiro atoms. The van der Waals surface area contributed by atoms with Gasteiger partial charge in [0.15, 0.2) is 0 Å². The van der Waals surface area contributed by atoms with Crippen LogP contribution in [0.4, 0.5) is 0 Å².